The van der Waals surface area contributed by atoms with Gasteiger partial charge in [0.15, 0.2) is 0 Å². The van der Waals surface area contributed by atoms with Gasteiger partial charge in [-0.3, -0.25) is 9.78 Å². The Bertz CT molecular complexity index is 512. The van der Waals surface area contributed by atoms with E-state index in [1.54, 1.807) is 12.3 Å². The van der Waals surface area contributed by atoms with Crippen molar-refractivity contribution in [3.8, 4) is 0 Å². The molecule has 17 heavy (non-hydrogen) atoms. The molecule has 3 heterocycles. The van der Waals surface area contributed by atoms with E-state index >= 15 is 0 Å². The number of rotatable bonds is 2. The number of nitrogens with one attached hydrogen (secondary N) is 1. The first kappa shape index (κ1) is 10.2. The van der Waals surface area contributed by atoms with Crippen molar-refractivity contribution < 1.29 is 9.63 Å². The van der Waals surface area contributed by atoms with Crippen LogP contribution in [0.1, 0.15) is 34.1 Å². The lowest BCUT2D eigenvalue weighted by atomic mass is 10.0. The third-order valence-corrected chi connectivity index (χ3v) is 3.05. The summed E-state index contributed by atoms with van der Waals surface area (Å²) in [5.41, 5.74) is 8.59. The number of hydrogen-bond donors (Lipinski definition) is 2. The monoisotopic (exact) mass is 232 g/mol. The lowest BCUT2D eigenvalue weighted by Gasteiger charge is -2.10. The van der Waals surface area contributed by atoms with Crippen LogP contribution < -0.4 is 11.1 Å². The molecule has 2 aliphatic rings. The molecule has 0 bridgehead atoms. The van der Waals surface area contributed by atoms with Crippen LogP contribution in [0.2, 0.25) is 0 Å². The molecule has 0 saturated heterocycles. The van der Waals surface area contributed by atoms with Crippen LogP contribution in [0, 0.1) is 0 Å². The van der Waals surface area contributed by atoms with Crippen LogP contribution >= 0.6 is 0 Å². The molecule has 6 nitrogen and oxygen atoms in total. The Balaban J connectivity index is 1.99. The largest absolute Gasteiger partial charge is 0.395 e. The van der Waals surface area contributed by atoms with Crippen molar-refractivity contribution in [3.63, 3.8) is 0 Å². The van der Waals surface area contributed by atoms with Crippen LogP contribution in [0.15, 0.2) is 17.4 Å². The molecular formula is C11H12N4O2. The number of oxime groups is 1. The van der Waals surface area contributed by atoms with Gasteiger partial charge in [0.05, 0.1) is 11.8 Å². The van der Waals surface area contributed by atoms with Crippen LogP contribution in [-0.2, 0) is 11.4 Å². The quantitative estimate of drug-likeness (QED) is 0.756. The van der Waals surface area contributed by atoms with Gasteiger partial charge in [0.25, 0.3) is 5.91 Å². The van der Waals surface area contributed by atoms with E-state index in [1.807, 2.05) is 0 Å². The lowest BCUT2D eigenvalue weighted by molar-refractivity contribution is 0.0995. The van der Waals surface area contributed by atoms with Crippen LogP contribution in [0.4, 0.5) is 0 Å². The SMILES string of the molecule is NC(=O)c1cc2c(cn1)CNC2C1=NOCC1. The van der Waals surface area contributed by atoms with Crippen molar-refractivity contribution in [2.45, 2.75) is 19.0 Å². The Morgan fingerprint density at radius 2 is 2.47 bits per heavy atom. The van der Waals surface area contributed by atoms with Gasteiger partial charge in [-0.15, -0.1) is 0 Å². The molecule has 0 spiro atoms. The fourth-order valence-electron chi connectivity index (χ4n) is 2.19. The maximum atomic E-state index is 11.1. The lowest BCUT2D eigenvalue weighted by Crippen LogP contribution is -2.21. The molecule has 0 radical (unpaired) electrons. The van der Waals surface area contributed by atoms with Gasteiger partial charge < -0.3 is 15.9 Å². The van der Waals surface area contributed by atoms with Gasteiger partial charge in [0.1, 0.15) is 12.3 Å². The van der Waals surface area contributed by atoms with E-state index in [2.05, 4.69) is 15.5 Å². The normalized spacial score (nSPS) is 21.9. The summed E-state index contributed by atoms with van der Waals surface area (Å²) >= 11 is 0. The second-order valence-electron chi connectivity index (χ2n) is 4.11. The molecule has 1 unspecified atom stereocenters. The van der Waals surface area contributed by atoms with Crippen molar-refractivity contribution in [1.29, 1.82) is 0 Å². The summed E-state index contributed by atoms with van der Waals surface area (Å²) < 4.78 is 0. The number of hydrogen-bond acceptors (Lipinski definition) is 5. The van der Waals surface area contributed by atoms with Gasteiger partial charge in [0.2, 0.25) is 0 Å². The van der Waals surface area contributed by atoms with Gasteiger partial charge in [-0.2, -0.15) is 0 Å². The van der Waals surface area contributed by atoms with E-state index in [1.165, 1.54) is 0 Å². The molecule has 0 fully saturated rings. The highest BCUT2D eigenvalue weighted by atomic mass is 16.6. The van der Waals surface area contributed by atoms with Gasteiger partial charge in [-0.05, 0) is 17.2 Å². The maximum Gasteiger partial charge on any atom is 0.267 e. The maximum absolute atomic E-state index is 11.1. The zero-order chi connectivity index (χ0) is 11.8. The minimum Gasteiger partial charge on any atom is -0.395 e. The number of aromatic nitrogens is 1. The molecule has 3 rings (SSSR count). The van der Waals surface area contributed by atoms with Crippen LogP contribution in [0.3, 0.4) is 0 Å². The zero-order valence-corrected chi connectivity index (χ0v) is 9.14. The highest BCUT2D eigenvalue weighted by molar-refractivity contribution is 5.94. The first-order valence-corrected chi connectivity index (χ1v) is 5.46. The summed E-state index contributed by atoms with van der Waals surface area (Å²) in [4.78, 5) is 20.1. The van der Waals surface area contributed by atoms with Gasteiger partial charge in [-0.25, -0.2) is 0 Å². The van der Waals surface area contributed by atoms with E-state index in [9.17, 15) is 4.79 Å². The van der Waals surface area contributed by atoms with Crippen molar-refractivity contribution in [2.75, 3.05) is 6.61 Å². The smallest absolute Gasteiger partial charge is 0.267 e. The number of fused-ring (bicyclic) bond motifs is 1. The molecule has 88 valence electrons. The Morgan fingerprint density at radius 1 is 1.59 bits per heavy atom. The number of pyridine rings is 1. The Morgan fingerprint density at radius 3 is 3.18 bits per heavy atom. The van der Waals surface area contributed by atoms with Crippen molar-refractivity contribution >= 4 is 11.6 Å². The highest BCUT2D eigenvalue weighted by Gasteiger charge is 2.29. The predicted octanol–water partition coefficient (Wildman–Crippen LogP) is 0.101. The molecule has 0 aliphatic carbocycles. The number of nitrogens with two attached hydrogens (primary N) is 1. The second-order valence-corrected chi connectivity index (χ2v) is 4.11. The summed E-state index contributed by atoms with van der Waals surface area (Å²) in [7, 11) is 0. The third kappa shape index (κ3) is 1.66. The summed E-state index contributed by atoms with van der Waals surface area (Å²) in [6.45, 7) is 1.35. The molecule has 1 amide bonds. The van der Waals surface area contributed by atoms with Crippen LogP contribution in [0.5, 0.6) is 0 Å². The average molecular weight is 232 g/mol. The summed E-state index contributed by atoms with van der Waals surface area (Å²) in [6, 6.07) is 1.76. The number of carbonyl (C=O) groups excluding carboxylic acids is 1. The van der Waals surface area contributed by atoms with Crippen molar-refractivity contribution in [2.24, 2.45) is 10.9 Å². The van der Waals surface area contributed by atoms with Crippen LogP contribution in [0.25, 0.3) is 0 Å². The molecule has 0 aromatic carbocycles. The Kier molecular flexibility index (Phi) is 2.29. The third-order valence-electron chi connectivity index (χ3n) is 3.05. The fourth-order valence-corrected chi connectivity index (χ4v) is 2.19. The van der Waals surface area contributed by atoms with Crippen LogP contribution in [-0.4, -0.2) is 23.2 Å². The van der Waals surface area contributed by atoms with E-state index in [4.69, 9.17) is 10.6 Å². The number of carbonyl (C=O) groups is 1. The molecular weight excluding hydrogens is 220 g/mol. The molecule has 1 atom stereocenters. The summed E-state index contributed by atoms with van der Waals surface area (Å²) in [5.74, 6) is -0.511. The summed E-state index contributed by atoms with van der Waals surface area (Å²) in [6.07, 6.45) is 2.50. The average Bonchev–Trinajstić information content (AvgIpc) is 2.96. The summed E-state index contributed by atoms with van der Waals surface area (Å²) in [5, 5.41) is 7.34. The second kappa shape index (κ2) is 3.81. The fraction of sp³-hybridized carbons (Fsp3) is 0.364. The van der Waals surface area contributed by atoms with Crippen molar-refractivity contribution in [1.82, 2.24) is 10.3 Å². The topological polar surface area (TPSA) is 89.6 Å². The molecule has 3 N–H and O–H groups in total. The standard InChI is InChI=1S/C11H12N4O2/c12-11(16)9-3-7-6(4-13-9)5-14-10(7)8-1-2-17-15-8/h3-4,10,14H,1-2,5H2,(H2,12,16). The van der Waals surface area contributed by atoms with Gasteiger partial charge in [0, 0.05) is 19.2 Å². The Hall–Kier alpha value is -1.95. The molecule has 2 aliphatic heterocycles. The van der Waals surface area contributed by atoms with Crippen molar-refractivity contribution in [3.05, 3.63) is 29.1 Å². The number of nitrogens with zero attached hydrogens (tertiary/aromatic N) is 2. The first-order valence-electron chi connectivity index (χ1n) is 5.46. The van der Waals surface area contributed by atoms with E-state index in [-0.39, 0.29) is 11.7 Å². The molecule has 0 saturated carbocycles. The zero-order valence-electron chi connectivity index (χ0n) is 9.14. The predicted molar refractivity (Wildman–Crippen MR) is 60.3 cm³/mol. The first-order chi connectivity index (χ1) is 8.25. The Labute approximate surface area is 97.8 Å². The molecule has 6 heteroatoms. The number of primary amides is 1. The highest BCUT2D eigenvalue weighted by Crippen LogP contribution is 2.28. The van der Waals surface area contributed by atoms with E-state index in [0.29, 0.717) is 6.61 Å². The van der Waals surface area contributed by atoms with E-state index in [0.717, 1.165) is 29.8 Å². The molecule has 1 aromatic rings. The minimum absolute atomic E-state index is 0.0219. The van der Waals surface area contributed by atoms with Gasteiger partial charge in [-0.1, -0.05) is 5.16 Å². The van der Waals surface area contributed by atoms with Gasteiger partial charge >= 0.3 is 0 Å². The minimum atomic E-state index is -0.511. The van der Waals surface area contributed by atoms with E-state index < -0.39 is 5.91 Å². The number of amides is 1. The molecule has 1 aromatic heterocycles.